The van der Waals surface area contributed by atoms with Gasteiger partial charge in [-0.15, -0.1) is 10.0 Å². The summed E-state index contributed by atoms with van der Waals surface area (Å²) in [6.07, 6.45) is 0. The van der Waals surface area contributed by atoms with Gasteiger partial charge in [-0.25, -0.2) is 18.2 Å². The topological polar surface area (TPSA) is 9.23 Å². The second-order valence-corrected chi connectivity index (χ2v) is 3.74. The summed E-state index contributed by atoms with van der Waals surface area (Å²) in [7, 11) is 1.70. The van der Waals surface area contributed by atoms with Crippen molar-refractivity contribution in [1.82, 2.24) is 0 Å². The van der Waals surface area contributed by atoms with Crippen LogP contribution in [-0.2, 0) is 28.4 Å². The van der Waals surface area contributed by atoms with Crippen molar-refractivity contribution < 1.29 is 21.8 Å². The van der Waals surface area contributed by atoms with Crippen LogP contribution in [0.2, 0.25) is 0 Å². The zero-order valence-electron chi connectivity index (χ0n) is 8.47. The first-order chi connectivity index (χ1) is 6.83. The smallest absolute Gasteiger partial charge is 0.382 e. The van der Waals surface area contributed by atoms with Gasteiger partial charge in [0.1, 0.15) is 0 Å². The second kappa shape index (κ2) is 8.93. The van der Waals surface area contributed by atoms with Gasteiger partial charge < -0.3 is 4.74 Å². The summed E-state index contributed by atoms with van der Waals surface area (Å²) in [5, 5.41) is 0. The molecule has 0 saturated heterocycles. The molecule has 82 valence electrons. The fourth-order valence-electron chi connectivity index (χ4n) is 1.03. The summed E-state index contributed by atoms with van der Waals surface area (Å²) in [4.78, 5) is 0. The van der Waals surface area contributed by atoms with E-state index in [0.29, 0.717) is 0 Å². The van der Waals surface area contributed by atoms with Crippen LogP contribution in [0.4, 0.5) is 0 Å². The maximum absolute atomic E-state index is 4.89. The summed E-state index contributed by atoms with van der Waals surface area (Å²) in [6.45, 7) is 0.729. The van der Waals surface area contributed by atoms with E-state index in [1.165, 1.54) is 5.56 Å². The van der Waals surface area contributed by atoms with Gasteiger partial charge >= 0.3 is 17.1 Å². The van der Waals surface area contributed by atoms with Crippen LogP contribution in [0.15, 0.2) is 53.0 Å². The van der Waals surface area contributed by atoms with E-state index in [2.05, 4.69) is 15.9 Å². The summed E-state index contributed by atoms with van der Waals surface area (Å²) in [6, 6.07) is 16.1. The average Bonchev–Trinajstić information content (AvgIpc) is 2.79. The van der Waals surface area contributed by atoms with E-state index in [1.54, 1.807) is 7.11 Å². The third-order valence-electron chi connectivity index (χ3n) is 1.66. The number of hydrogen-bond acceptors (Lipinski definition) is 1. The van der Waals surface area contributed by atoms with E-state index >= 15 is 0 Å². The van der Waals surface area contributed by atoms with Gasteiger partial charge in [-0.2, -0.15) is 30.3 Å². The average molecular weight is 309 g/mol. The Kier molecular flexibility index (Phi) is 8.72. The van der Waals surface area contributed by atoms with Crippen molar-refractivity contribution in [1.29, 1.82) is 0 Å². The Morgan fingerprint density at radius 3 is 2.20 bits per heavy atom. The molecule has 0 saturated carbocycles. The number of hydrogen-bond donors (Lipinski definition) is 0. The largest absolute Gasteiger partial charge is 2.00 e. The molecular weight excluding hydrogens is 296 g/mol. The van der Waals surface area contributed by atoms with Gasteiger partial charge in [0.15, 0.2) is 0 Å². The molecule has 0 atom stereocenters. The zero-order chi connectivity index (χ0) is 10.2. The summed E-state index contributed by atoms with van der Waals surface area (Å²) >= 11 is 3.28. The van der Waals surface area contributed by atoms with E-state index in [1.807, 2.05) is 48.5 Å². The predicted octanol–water partition coefficient (Wildman–Crippen LogP) is 3.72. The zero-order valence-corrected chi connectivity index (χ0v) is 11.2. The van der Waals surface area contributed by atoms with Gasteiger partial charge in [0.2, 0.25) is 0 Å². The summed E-state index contributed by atoms with van der Waals surface area (Å²) < 4.78 is 6.04. The standard InChI is InChI=1S/C7H9O.C5H4Br.Fe/c1-8-6-7-4-2-3-5-7;6-5-3-1-2-4-5;/h2-5H,6H2,1H3;1-4H;/q2*-1;+2. The molecule has 1 nitrogen and oxygen atoms in total. The molecule has 2 aromatic rings. The number of ether oxygens (including phenoxy) is 1. The van der Waals surface area contributed by atoms with Crippen molar-refractivity contribution in [3.63, 3.8) is 0 Å². The third kappa shape index (κ3) is 6.69. The molecule has 0 radical (unpaired) electrons. The minimum absolute atomic E-state index is 0. The molecular formula is C12H13BrFeO. The van der Waals surface area contributed by atoms with Gasteiger partial charge in [-0.05, 0) is 0 Å². The molecule has 3 heteroatoms. The van der Waals surface area contributed by atoms with Crippen LogP contribution in [-0.4, -0.2) is 7.11 Å². The third-order valence-corrected chi connectivity index (χ3v) is 2.19. The predicted molar refractivity (Wildman–Crippen MR) is 62.5 cm³/mol. The van der Waals surface area contributed by atoms with Crippen molar-refractivity contribution in [3.8, 4) is 0 Å². The molecule has 0 fully saturated rings. The number of methoxy groups -OCH3 is 1. The van der Waals surface area contributed by atoms with Gasteiger partial charge in [-0.1, -0.05) is 15.9 Å². The SMILES string of the molecule is Brc1ccc[cH-]1.COCc1ccc[cH-]1.[Fe+2]. The molecule has 0 aliphatic carbocycles. The summed E-state index contributed by atoms with van der Waals surface area (Å²) in [5.41, 5.74) is 1.24. The number of halogens is 1. The Balaban J connectivity index is 0.000000253. The minimum Gasteiger partial charge on any atom is -0.382 e. The molecule has 2 aromatic carbocycles. The first-order valence-electron chi connectivity index (χ1n) is 4.39. The van der Waals surface area contributed by atoms with Crippen LogP contribution in [0.5, 0.6) is 0 Å². The van der Waals surface area contributed by atoms with E-state index in [-0.39, 0.29) is 17.1 Å². The van der Waals surface area contributed by atoms with E-state index < -0.39 is 0 Å². The Labute approximate surface area is 110 Å². The monoisotopic (exact) mass is 308 g/mol. The maximum atomic E-state index is 4.89. The van der Waals surface area contributed by atoms with Crippen molar-refractivity contribution in [2.75, 3.05) is 7.11 Å². The van der Waals surface area contributed by atoms with E-state index in [4.69, 9.17) is 4.74 Å². The van der Waals surface area contributed by atoms with Crippen LogP contribution < -0.4 is 0 Å². The Bertz CT molecular complexity index is 313. The van der Waals surface area contributed by atoms with Crippen LogP contribution in [0.3, 0.4) is 0 Å². The van der Waals surface area contributed by atoms with Crippen molar-refractivity contribution in [2.24, 2.45) is 0 Å². The van der Waals surface area contributed by atoms with Crippen LogP contribution >= 0.6 is 15.9 Å². The quantitative estimate of drug-likeness (QED) is 0.607. The fourth-order valence-corrected chi connectivity index (χ4v) is 1.33. The molecule has 0 aromatic heterocycles. The molecule has 15 heavy (non-hydrogen) atoms. The Hall–Kier alpha value is -0.341. The van der Waals surface area contributed by atoms with Crippen molar-refractivity contribution in [2.45, 2.75) is 6.61 Å². The van der Waals surface area contributed by atoms with Gasteiger partial charge in [0.25, 0.3) is 0 Å². The van der Waals surface area contributed by atoms with E-state index in [0.717, 1.165) is 11.1 Å². The van der Waals surface area contributed by atoms with Crippen molar-refractivity contribution >= 4 is 15.9 Å². The first-order valence-corrected chi connectivity index (χ1v) is 5.19. The maximum Gasteiger partial charge on any atom is 2.00 e. The van der Waals surface area contributed by atoms with Crippen LogP contribution in [0, 0.1) is 0 Å². The Morgan fingerprint density at radius 2 is 1.87 bits per heavy atom. The molecule has 0 bridgehead atoms. The second-order valence-electron chi connectivity index (χ2n) is 2.83. The molecule has 2 rings (SSSR count). The number of rotatable bonds is 2. The Morgan fingerprint density at radius 1 is 1.20 bits per heavy atom. The summed E-state index contributed by atoms with van der Waals surface area (Å²) in [5.74, 6) is 0. The van der Waals surface area contributed by atoms with Gasteiger partial charge in [0, 0.05) is 13.7 Å². The van der Waals surface area contributed by atoms with Crippen LogP contribution in [0.25, 0.3) is 0 Å². The molecule has 0 aliphatic rings. The van der Waals surface area contributed by atoms with Crippen molar-refractivity contribution in [3.05, 3.63) is 58.6 Å². The molecule has 0 spiro atoms. The minimum atomic E-state index is 0. The molecule has 0 heterocycles. The molecule has 0 amide bonds. The molecule has 0 unspecified atom stereocenters. The fraction of sp³-hybridized carbons (Fsp3) is 0.167. The molecule has 0 aliphatic heterocycles. The van der Waals surface area contributed by atoms with Gasteiger partial charge in [0.05, 0.1) is 0 Å². The first kappa shape index (κ1) is 14.7. The van der Waals surface area contributed by atoms with Gasteiger partial charge in [-0.3, -0.25) is 0 Å². The van der Waals surface area contributed by atoms with Crippen LogP contribution in [0.1, 0.15) is 5.56 Å². The molecule has 0 N–H and O–H groups in total. The van der Waals surface area contributed by atoms with E-state index in [9.17, 15) is 0 Å². The normalized spacial score (nSPS) is 8.67.